The van der Waals surface area contributed by atoms with Crippen LogP contribution >= 0.6 is 0 Å². The number of benzene rings is 1. The average molecular weight is 481 g/mol. The van der Waals surface area contributed by atoms with E-state index in [0.717, 1.165) is 12.1 Å². The van der Waals surface area contributed by atoms with Crippen LogP contribution in [0.25, 0.3) is 0 Å². The molecule has 9 nitrogen and oxygen atoms in total. The summed E-state index contributed by atoms with van der Waals surface area (Å²) < 4.78 is 34.9. The van der Waals surface area contributed by atoms with Gasteiger partial charge in [0.05, 0.1) is 12.0 Å². The van der Waals surface area contributed by atoms with E-state index >= 15 is 0 Å². The Morgan fingerprint density at radius 2 is 1.76 bits per heavy atom. The van der Waals surface area contributed by atoms with E-state index in [1.165, 1.54) is 23.8 Å². The Hall–Kier alpha value is -3.50. The van der Waals surface area contributed by atoms with Gasteiger partial charge in [0.1, 0.15) is 11.4 Å². The van der Waals surface area contributed by atoms with Crippen LogP contribution in [0.3, 0.4) is 0 Å². The van der Waals surface area contributed by atoms with Gasteiger partial charge in [0.2, 0.25) is 10.0 Å². The molecule has 0 saturated carbocycles. The van der Waals surface area contributed by atoms with Gasteiger partial charge in [-0.2, -0.15) is 4.31 Å². The van der Waals surface area contributed by atoms with Gasteiger partial charge < -0.3 is 14.6 Å². The number of sulfonamides is 1. The Labute approximate surface area is 197 Å². The number of carbonyl (C=O) groups is 1. The molecule has 4 heterocycles. The van der Waals surface area contributed by atoms with Crippen LogP contribution in [0.2, 0.25) is 0 Å². The molecule has 0 radical (unpaired) electrons. The van der Waals surface area contributed by atoms with E-state index in [9.17, 15) is 18.0 Å². The van der Waals surface area contributed by atoms with E-state index in [1.807, 2.05) is 6.07 Å². The SMILES string of the molecule is COc1ccc(S(=O)(=O)N2C[C@@H]3C[C@H](C2)c2ccc(NC(=O)c4ccncc4)c(=O)n2C3)cc1. The number of hydrogen-bond acceptors (Lipinski definition) is 6. The van der Waals surface area contributed by atoms with E-state index in [2.05, 4.69) is 10.3 Å². The molecule has 176 valence electrons. The van der Waals surface area contributed by atoms with Crippen molar-refractivity contribution >= 4 is 21.6 Å². The summed E-state index contributed by atoms with van der Waals surface area (Å²) in [6.07, 6.45) is 3.85. The minimum atomic E-state index is -3.67. The summed E-state index contributed by atoms with van der Waals surface area (Å²) in [7, 11) is -2.14. The number of amides is 1. The fraction of sp³-hybridized carbons (Fsp3) is 0.292. The minimum absolute atomic E-state index is 0.00289. The number of nitrogens with one attached hydrogen (secondary N) is 1. The zero-order valence-corrected chi connectivity index (χ0v) is 19.4. The number of aromatic nitrogens is 2. The Morgan fingerprint density at radius 1 is 1.03 bits per heavy atom. The molecule has 1 saturated heterocycles. The molecule has 0 aliphatic carbocycles. The Morgan fingerprint density at radius 3 is 2.47 bits per heavy atom. The van der Waals surface area contributed by atoms with Gasteiger partial charge in [0.15, 0.2) is 0 Å². The van der Waals surface area contributed by atoms with Crippen molar-refractivity contribution in [3.05, 3.63) is 82.5 Å². The lowest BCUT2D eigenvalue weighted by Crippen LogP contribution is -2.49. The molecule has 1 aromatic carbocycles. The van der Waals surface area contributed by atoms with Crippen molar-refractivity contribution in [2.45, 2.75) is 23.8 Å². The highest BCUT2D eigenvalue weighted by Crippen LogP contribution is 2.37. The molecule has 2 aliphatic heterocycles. The quantitative estimate of drug-likeness (QED) is 0.600. The van der Waals surface area contributed by atoms with Crippen LogP contribution < -0.4 is 15.6 Å². The molecule has 34 heavy (non-hydrogen) atoms. The average Bonchev–Trinajstić information content (AvgIpc) is 2.86. The second-order valence-corrected chi connectivity index (χ2v) is 10.5. The summed E-state index contributed by atoms with van der Waals surface area (Å²) in [5, 5.41) is 2.69. The first-order valence-corrected chi connectivity index (χ1v) is 12.4. The molecule has 2 aromatic heterocycles. The van der Waals surface area contributed by atoms with Gasteiger partial charge in [-0.05, 0) is 60.9 Å². The Bertz CT molecular complexity index is 1390. The van der Waals surface area contributed by atoms with Crippen LogP contribution in [0.15, 0.2) is 70.6 Å². The number of hydrogen-bond donors (Lipinski definition) is 1. The first-order valence-electron chi connectivity index (χ1n) is 11.0. The van der Waals surface area contributed by atoms with Crippen molar-refractivity contribution in [1.29, 1.82) is 0 Å². The molecule has 0 spiro atoms. The van der Waals surface area contributed by atoms with E-state index < -0.39 is 10.0 Å². The second-order valence-electron chi connectivity index (χ2n) is 8.57. The number of piperidine rings is 1. The van der Waals surface area contributed by atoms with Crippen LogP contribution in [0.1, 0.15) is 28.4 Å². The van der Waals surface area contributed by atoms with Crippen LogP contribution in [0, 0.1) is 5.92 Å². The van der Waals surface area contributed by atoms with Crippen LogP contribution in [0.4, 0.5) is 5.69 Å². The molecule has 2 atom stereocenters. The molecule has 1 fully saturated rings. The van der Waals surface area contributed by atoms with E-state index in [-0.39, 0.29) is 33.9 Å². The molecule has 2 bridgehead atoms. The normalized spacial score (nSPS) is 19.8. The molecule has 3 aromatic rings. The summed E-state index contributed by atoms with van der Waals surface area (Å²) in [5.41, 5.74) is 1.13. The number of ether oxygens (including phenoxy) is 1. The Kier molecular flexibility index (Phi) is 5.70. The van der Waals surface area contributed by atoms with E-state index in [1.54, 1.807) is 47.0 Å². The smallest absolute Gasteiger partial charge is 0.274 e. The fourth-order valence-electron chi connectivity index (χ4n) is 4.79. The zero-order chi connectivity index (χ0) is 23.9. The number of anilines is 1. The summed E-state index contributed by atoms with van der Waals surface area (Å²) in [6, 6.07) is 12.9. The maximum Gasteiger partial charge on any atom is 0.274 e. The van der Waals surface area contributed by atoms with Gasteiger partial charge in [-0.1, -0.05) is 0 Å². The number of fused-ring (bicyclic) bond motifs is 4. The number of carbonyl (C=O) groups excluding carboxylic acids is 1. The number of rotatable bonds is 5. The number of pyridine rings is 2. The van der Waals surface area contributed by atoms with Gasteiger partial charge >= 0.3 is 0 Å². The number of nitrogens with zero attached hydrogens (tertiary/aromatic N) is 3. The maximum atomic E-state index is 13.3. The molecule has 10 heteroatoms. The lowest BCUT2D eigenvalue weighted by atomic mass is 9.84. The predicted molar refractivity (Wildman–Crippen MR) is 125 cm³/mol. The van der Waals surface area contributed by atoms with E-state index in [4.69, 9.17) is 4.74 Å². The third-order valence-corrected chi connectivity index (χ3v) is 8.30. The number of methoxy groups -OCH3 is 1. The minimum Gasteiger partial charge on any atom is -0.497 e. The topological polar surface area (TPSA) is 111 Å². The van der Waals surface area contributed by atoms with Gasteiger partial charge in [0.25, 0.3) is 11.5 Å². The lowest BCUT2D eigenvalue weighted by molar-refractivity contribution is 0.102. The zero-order valence-electron chi connectivity index (χ0n) is 18.5. The van der Waals surface area contributed by atoms with Crippen LogP contribution in [-0.4, -0.2) is 48.4 Å². The standard InChI is InChI=1S/C24H24N4O5S/c1-33-19-2-4-20(5-3-19)34(31,32)27-13-16-12-18(15-27)22-7-6-21(24(30)28(22)14-16)26-23(29)17-8-10-25-11-9-17/h2-11,16,18H,12-15H2,1H3,(H,26,29)/t16-,18+/m0/s1. The molecule has 1 amide bonds. The van der Waals surface area contributed by atoms with Crippen molar-refractivity contribution in [3.63, 3.8) is 0 Å². The summed E-state index contributed by atoms with van der Waals surface area (Å²) in [4.78, 5) is 29.8. The van der Waals surface area contributed by atoms with Crippen molar-refractivity contribution in [2.75, 3.05) is 25.5 Å². The van der Waals surface area contributed by atoms with Crippen molar-refractivity contribution in [2.24, 2.45) is 5.92 Å². The Balaban J connectivity index is 1.39. The fourth-order valence-corrected chi connectivity index (χ4v) is 6.35. The maximum absolute atomic E-state index is 13.3. The van der Waals surface area contributed by atoms with Gasteiger partial charge in [-0.25, -0.2) is 8.42 Å². The highest BCUT2D eigenvalue weighted by molar-refractivity contribution is 7.89. The third-order valence-electron chi connectivity index (χ3n) is 6.46. The van der Waals surface area contributed by atoms with Crippen molar-refractivity contribution in [1.82, 2.24) is 13.9 Å². The first kappa shape index (κ1) is 22.3. The third kappa shape index (κ3) is 3.99. The monoisotopic (exact) mass is 480 g/mol. The predicted octanol–water partition coefficient (Wildman–Crippen LogP) is 2.31. The summed E-state index contributed by atoms with van der Waals surface area (Å²) >= 11 is 0. The molecule has 0 unspecified atom stereocenters. The highest BCUT2D eigenvalue weighted by atomic mass is 32.2. The van der Waals surface area contributed by atoms with Gasteiger partial charge in [-0.15, -0.1) is 0 Å². The van der Waals surface area contributed by atoms with Crippen LogP contribution in [0.5, 0.6) is 5.75 Å². The van der Waals surface area contributed by atoms with Crippen molar-refractivity contribution < 1.29 is 17.9 Å². The highest BCUT2D eigenvalue weighted by Gasteiger charge is 2.39. The second kappa shape index (κ2) is 8.69. The first-order chi connectivity index (χ1) is 16.4. The lowest BCUT2D eigenvalue weighted by Gasteiger charge is -2.42. The summed E-state index contributed by atoms with van der Waals surface area (Å²) in [6.45, 7) is 1.04. The molecular weight excluding hydrogens is 456 g/mol. The molecule has 1 N–H and O–H groups in total. The van der Waals surface area contributed by atoms with Crippen molar-refractivity contribution in [3.8, 4) is 5.75 Å². The van der Waals surface area contributed by atoms with E-state index in [0.29, 0.717) is 30.9 Å². The van der Waals surface area contributed by atoms with Crippen LogP contribution in [-0.2, 0) is 16.6 Å². The summed E-state index contributed by atoms with van der Waals surface area (Å²) in [5.74, 6) is 0.115. The largest absolute Gasteiger partial charge is 0.497 e. The molecular formula is C24H24N4O5S. The molecule has 2 aliphatic rings. The van der Waals surface area contributed by atoms with Gasteiger partial charge in [-0.3, -0.25) is 14.6 Å². The molecule has 5 rings (SSSR count). The van der Waals surface area contributed by atoms with Gasteiger partial charge in [0, 0.05) is 49.2 Å².